The Kier molecular flexibility index (Phi) is 2.73. The Morgan fingerprint density at radius 3 is 2.93 bits per heavy atom. The lowest BCUT2D eigenvalue weighted by atomic mass is 10.4. The molecular formula is C10H8N2O2S. The second-order valence-corrected chi connectivity index (χ2v) is 3.77. The van der Waals surface area contributed by atoms with Crippen LogP contribution in [-0.2, 0) is 4.74 Å². The highest BCUT2D eigenvalue weighted by Crippen LogP contribution is 2.23. The largest absolute Gasteiger partial charge is 0.465 e. The van der Waals surface area contributed by atoms with Gasteiger partial charge in [-0.05, 0) is 12.1 Å². The number of aromatic nitrogens is 2. The van der Waals surface area contributed by atoms with Crippen LogP contribution in [-0.4, -0.2) is 23.0 Å². The topological polar surface area (TPSA) is 52.1 Å². The third-order valence-corrected chi connectivity index (χ3v) is 2.78. The molecule has 4 nitrogen and oxygen atoms in total. The van der Waals surface area contributed by atoms with Crippen LogP contribution >= 0.6 is 11.3 Å². The molecular weight excluding hydrogens is 212 g/mol. The lowest BCUT2D eigenvalue weighted by Crippen LogP contribution is -1.96. The van der Waals surface area contributed by atoms with Crippen molar-refractivity contribution in [3.63, 3.8) is 0 Å². The molecule has 0 aliphatic rings. The Bertz CT molecular complexity index is 467. The zero-order valence-electron chi connectivity index (χ0n) is 8.01. The molecule has 0 spiro atoms. The highest BCUT2D eigenvalue weighted by Gasteiger charge is 2.11. The van der Waals surface area contributed by atoms with Gasteiger partial charge in [-0.3, -0.25) is 4.98 Å². The zero-order valence-corrected chi connectivity index (χ0v) is 8.82. The van der Waals surface area contributed by atoms with Gasteiger partial charge < -0.3 is 4.74 Å². The molecule has 0 N–H and O–H groups in total. The molecule has 76 valence electrons. The molecule has 0 saturated heterocycles. The lowest BCUT2D eigenvalue weighted by Gasteiger charge is -1.92. The molecule has 0 fully saturated rings. The smallest absolute Gasteiger partial charge is 0.349 e. The number of rotatable bonds is 2. The number of nitrogens with zero attached hydrogens (tertiary/aromatic N) is 2. The van der Waals surface area contributed by atoms with Crippen molar-refractivity contribution in [3.8, 4) is 10.7 Å². The fraction of sp³-hybridized carbons (Fsp3) is 0.100. The lowest BCUT2D eigenvalue weighted by molar-refractivity contribution is 0.0606. The summed E-state index contributed by atoms with van der Waals surface area (Å²) in [5.74, 6) is -0.366. The molecule has 0 bridgehead atoms. The first-order chi connectivity index (χ1) is 7.31. The Morgan fingerprint density at radius 1 is 1.40 bits per heavy atom. The monoisotopic (exact) mass is 220 g/mol. The van der Waals surface area contributed by atoms with Gasteiger partial charge in [0.2, 0.25) is 0 Å². The molecule has 2 aromatic rings. The van der Waals surface area contributed by atoms with E-state index in [4.69, 9.17) is 0 Å². The van der Waals surface area contributed by atoms with Gasteiger partial charge in [0.05, 0.1) is 19.0 Å². The number of pyridine rings is 1. The van der Waals surface area contributed by atoms with Gasteiger partial charge in [-0.1, -0.05) is 6.07 Å². The van der Waals surface area contributed by atoms with Gasteiger partial charge >= 0.3 is 5.97 Å². The summed E-state index contributed by atoms with van der Waals surface area (Å²) in [6.45, 7) is 0. The number of esters is 1. The van der Waals surface area contributed by atoms with Crippen molar-refractivity contribution in [2.24, 2.45) is 0 Å². The van der Waals surface area contributed by atoms with Crippen LogP contribution < -0.4 is 0 Å². The molecule has 2 rings (SSSR count). The number of carbonyl (C=O) groups excluding carboxylic acids is 1. The molecule has 2 heterocycles. The third kappa shape index (κ3) is 2.02. The molecule has 0 aliphatic carbocycles. The summed E-state index contributed by atoms with van der Waals surface area (Å²) < 4.78 is 4.60. The fourth-order valence-corrected chi connectivity index (χ4v) is 1.89. The normalized spacial score (nSPS) is 9.93. The zero-order chi connectivity index (χ0) is 10.7. The average molecular weight is 220 g/mol. The van der Waals surface area contributed by atoms with E-state index in [1.54, 1.807) is 6.20 Å². The van der Waals surface area contributed by atoms with Crippen LogP contribution in [0.2, 0.25) is 0 Å². The first-order valence-corrected chi connectivity index (χ1v) is 5.08. The predicted molar refractivity (Wildman–Crippen MR) is 56.7 cm³/mol. The van der Waals surface area contributed by atoms with Crippen molar-refractivity contribution in [2.45, 2.75) is 0 Å². The van der Waals surface area contributed by atoms with Crippen LogP contribution in [0.25, 0.3) is 10.7 Å². The minimum atomic E-state index is -0.366. The van der Waals surface area contributed by atoms with Crippen LogP contribution in [0.5, 0.6) is 0 Å². The number of carbonyl (C=O) groups is 1. The van der Waals surface area contributed by atoms with Crippen molar-refractivity contribution in [2.75, 3.05) is 7.11 Å². The van der Waals surface area contributed by atoms with Crippen molar-refractivity contribution in [3.05, 3.63) is 35.5 Å². The summed E-state index contributed by atoms with van der Waals surface area (Å²) in [5.41, 5.74) is 0.762. The summed E-state index contributed by atoms with van der Waals surface area (Å²) >= 11 is 1.27. The second-order valence-electron chi connectivity index (χ2n) is 2.74. The minimum Gasteiger partial charge on any atom is -0.465 e. The maximum atomic E-state index is 11.2. The quantitative estimate of drug-likeness (QED) is 0.726. The van der Waals surface area contributed by atoms with Crippen molar-refractivity contribution in [1.82, 2.24) is 9.97 Å². The SMILES string of the molecule is COC(=O)c1cnc(-c2ccccn2)s1. The van der Waals surface area contributed by atoms with Gasteiger partial charge in [-0.25, -0.2) is 9.78 Å². The van der Waals surface area contributed by atoms with Gasteiger partial charge in [0, 0.05) is 6.20 Å². The van der Waals surface area contributed by atoms with E-state index >= 15 is 0 Å². The summed E-state index contributed by atoms with van der Waals surface area (Å²) in [6, 6.07) is 5.56. The Balaban J connectivity index is 2.32. The van der Waals surface area contributed by atoms with Gasteiger partial charge in [0.15, 0.2) is 0 Å². The molecule has 0 saturated carbocycles. The standard InChI is InChI=1S/C10H8N2O2S/c1-14-10(13)8-6-12-9(15-8)7-4-2-3-5-11-7/h2-6H,1H3. The molecule has 0 unspecified atom stereocenters. The van der Waals surface area contributed by atoms with E-state index in [9.17, 15) is 4.79 Å². The summed E-state index contributed by atoms with van der Waals surface area (Å²) in [7, 11) is 1.35. The van der Waals surface area contributed by atoms with Crippen molar-refractivity contribution < 1.29 is 9.53 Å². The highest BCUT2D eigenvalue weighted by atomic mass is 32.1. The van der Waals surface area contributed by atoms with E-state index in [2.05, 4.69) is 14.7 Å². The molecule has 5 heteroatoms. The van der Waals surface area contributed by atoms with E-state index in [0.29, 0.717) is 4.88 Å². The van der Waals surface area contributed by atoms with Gasteiger partial charge in [0.1, 0.15) is 9.88 Å². The van der Waals surface area contributed by atoms with Crippen molar-refractivity contribution >= 4 is 17.3 Å². The van der Waals surface area contributed by atoms with E-state index in [0.717, 1.165) is 10.7 Å². The Labute approximate surface area is 90.6 Å². The van der Waals surface area contributed by atoms with Gasteiger partial charge in [-0.15, -0.1) is 11.3 Å². The van der Waals surface area contributed by atoms with Crippen LogP contribution in [0.15, 0.2) is 30.6 Å². The predicted octanol–water partition coefficient (Wildman–Crippen LogP) is 1.99. The molecule has 0 aromatic carbocycles. The van der Waals surface area contributed by atoms with E-state index in [1.807, 2.05) is 18.2 Å². The van der Waals surface area contributed by atoms with Crippen LogP contribution in [0, 0.1) is 0 Å². The van der Waals surface area contributed by atoms with Crippen LogP contribution in [0.4, 0.5) is 0 Å². The fourth-order valence-electron chi connectivity index (χ4n) is 1.08. The number of methoxy groups -OCH3 is 1. The Morgan fingerprint density at radius 2 is 2.27 bits per heavy atom. The molecule has 2 aromatic heterocycles. The first kappa shape index (κ1) is 9.79. The summed E-state index contributed by atoms with van der Waals surface area (Å²) in [5, 5.41) is 0.719. The molecule has 0 radical (unpaired) electrons. The van der Waals surface area contributed by atoms with Crippen LogP contribution in [0.3, 0.4) is 0 Å². The Hall–Kier alpha value is -1.75. The highest BCUT2D eigenvalue weighted by molar-refractivity contribution is 7.16. The van der Waals surface area contributed by atoms with E-state index < -0.39 is 0 Å². The average Bonchev–Trinajstić information content (AvgIpc) is 2.78. The van der Waals surface area contributed by atoms with Gasteiger partial charge in [-0.2, -0.15) is 0 Å². The van der Waals surface area contributed by atoms with Crippen LogP contribution in [0.1, 0.15) is 9.67 Å². The molecule has 0 amide bonds. The first-order valence-electron chi connectivity index (χ1n) is 4.27. The van der Waals surface area contributed by atoms with E-state index in [1.165, 1.54) is 24.6 Å². The van der Waals surface area contributed by atoms with E-state index in [-0.39, 0.29) is 5.97 Å². The minimum absolute atomic E-state index is 0.366. The van der Waals surface area contributed by atoms with Gasteiger partial charge in [0.25, 0.3) is 0 Å². The number of hydrogen-bond acceptors (Lipinski definition) is 5. The molecule has 0 aliphatic heterocycles. The number of hydrogen-bond donors (Lipinski definition) is 0. The summed E-state index contributed by atoms with van der Waals surface area (Å²) in [4.78, 5) is 19.9. The summed E-state index contributed by atoms with van der Waals surface area (Å²) in [6.07, 6.45) is 3.19. The third-order valence-electron chi connectivity index (χ3n) is 1.78. The van der Waals surface area contributed by atoms with Crippen molar-refractivity contribution in [1.29, 1.82) is 0 Å². The number of thiazole rings is 1. The maximum Gasteiger partial charge on any atom is 0.349 e. The number of ether oxygens (including phenoxy) is 1. The molecule has 15 heavy (non-hydrogen) atoms. The molecule has 0 atom stereocenters. The maximum absolute atomic E-state index is 11.2. The second kappa shape index (κ2) is 4.18.